The number of rotatable bonds is 8. The maximum Gasteiger partial charge on any atom is 0.254 e. The van der Waals surface area contributed by atoms with Crippen molar-refractivity contribution in [2.75, 3.05) is 5.32 Å². The normalized spacial score (nSPS) is 18.8. The highest BCUT2D eigenvalue weighted by molar-refractivity contribution is 7.22. The number of benzene rings is 1. The maximum atomic E-state index is 13.8. The van der Waals surface area contributed by atoms with Gasteiger partial charge in [-0.15, -0.1) is 11.3 Å². The van der Waals surface area contributed by atoms with Crippen molar-refractivity contribution in [3.8, 4) is 10.4 Å². The fraction of sp³-hybridized carbons (Fsp3) is 0.286. The third-order valence-electron chi connectivity index (χ3n) is 8.60. The molecule has 0 saturated carbocycles. The summed E-state index contributed by atoms with van der Waals surface area (Å²) in [4.78, 5) is 41.7. The first-order valence-corrected chi connectivity index (χ1v) is 15.7. The number of aldehydes is 1. The van der Waals surface area contributed by atoms with Crippen LogP contribution in [0, 0.1) is 11.7 Å². The van der Waals surface area contributed by atoms with Gasteiger partial charge >= 0.3 is 0 Å². The molecule has 2 N–H and O–H groups in total. The van der Waals surface area contributed by atoms with Gasteiger partial charge in [-0.2, -0.15) is 0 Å². The van der Waals surface area contributed by atoms with Crippen LogP contribution in [0.4, 0.5) is 10.2 Å². The molecule has 7 nitrogen and oxygen atoms in total. The van der Waals surface area contributed by atoms with Gasteiger partial charge in [0.2, 0.25) is 0 Å². The zero-order chi connectivity index (χ0) is 30.6. The second-order valence-electron chi connectivity index (χ2n) is 12.3. The summed E-state index contributed by atoms with van der Waals surface area (Å²) in [5.74, 6) is 0.431. The molecule has 0 saturated heterocycles. The number of amides is 1. The zero-order valence-electron chi connectivity index (χ0n) is 24.8. The maximum absolute atomic E-state index is 13.8. The van der Waals surface area contributed by atoms with Crippen molar-refractivity contribution in [2.45, 2.75) is 58.0 Å². The zero-order valence-corrected chi connectivity index (χ0v) is 25.6. The summed E-state index contributed by atoms with van der Waals surface area (Å²) >= 11 is 1.52. The van der Waals surface area contributed by atoms with E-state index in [-0.39, 0.29) is 23.7 Å². The average molecular weight is 606 g/mol. The molecule has 9 heteroatoms. The van der Waals surface area contributed by atoms with Crippen LogP contribution in [0.5, 0.6) is 0 Å². The summed E-state index contributed by atoms with van der Waals surface area (Å²) in [6.07, 6.45) is 7.32. The molecule has 0 bridgehead atoms. The number of fused-ring (bicyclic) bond motifs is 3. The Kier molecular flexibility index (Phi) is 7.00. The number of halogens is 1. The molecule has 222 valence electrons. The van der Waals surface area contributed by atoms with Gasteiger partial charge in [-0.3, -0.25) is 19.6 Å². The fourth-order valence-electron chi connectivity index (χ4n) is 6.62. The van der Waals surface area contributed by atoms with Crippen molar-refractivity contribution in [2.24, 2.45) is 5.92 Å². The standard InChI is InChI=1S/C35H32FN5O2S/c1-19(2)15-27-24(18-42)29(30-32(39-27)35(3,41-34(30)43)17-20-6-8-22(36)9-7-20)28-16-21-12-14-38-33(31(21)44-28)40-26-11-10-25-23(26)5-4-13-37-25/h4-9,12-14,16,18-19,26H,10-11,15,17H2,1-3H3,(H,38,40)(H,41,43). The smallest absolute Gasteiger partial charge is 0.254 e. The number of nitrogens with zero attached hydrogens (tertiary/aromatic N) is 3. The summed E-state index contributed by atoms with van der Waals surface area (Å²) in [5, 5.41) is 7.79. The highest BCUT2D eigenvalue weighted by Crippen LogP contribution is 2.45. The van der Waals surface area contributed by atoms with Crippen molar-refractivity contribution in [1.29, 1.82) is 0 Å². The van der Waals surface area contributed by atoms with Gasteiger partial charge in [-0.1, -0.05) is 32.0 Å². The van der Waals surface area contributed by atoms with Crippen molar-refractivity contribution >= 4 is 39.4 Å². The summed E-state index contributed by atoms with van der Waals surface area (Å²) < 4.78 is 14.6. The number of anilines is 1. The summed E-state index contributed by atoms with van der Waals surface area (Å²) in [6, 6.07) is 14.5. The average Bonchev–Trinajstić information content (AvgIpc) is 3.68. The van der Waals surface area contributed by atoms with Crippen LogP contribution in [-0.2, 0) is 24.8 Å². The molecule has 1 aromatic carbocycles. The lowest BCUT2D eigenvalue weighted by Gasteiger charge is -2.26. The van der Waals surface area contributed by atoms with Gasteiger partial charge in [0.1, 0.15) is 11.6 Å². The second kappa shape index (κ2) is 10.9. The predicted molar refractivity (Wildman–Crippen MR) is 171 cm³/mol. The number of nitrogens with one attached hydrogen (secondary N) is 2. The van der Waals surface area contributed by atoms with Gasteiger partial charge in [0.15, 0.2) is 6.29 Å². The Balaban J connectivity index is 1.37. The van der Waals surface area contributed by atoms with E-state index in [0.717, 1.165) is 51.2 Å². The SMILES string of the molecule is CC(C)Cc1nc2c(c(-c3cc4ccnc(NC5CCc6ncccc65)c4s3)c1C=O)C(=O)NC2(C)Cc1ccc(F)cc1. The molecule has 4 aromatic heterocycles. The van der Waals surface area contributed by atoms with E-state index < -0.39 is 5.54 Å². The molecule has 5 heterocycles. The first-order valence-electron chi connectivity index (χ1n) is 14.9. The number of thiophene rings is 1. The van der Waals surface area contributed by atoms with Crippen molar-refractivity contribution in [3.63, 3.8) is 0 Å². The summed E-state index contributed by atoms with van der Waals surface area (Å²) in [6.45, 7) is 6.12. The van der Waals surface area contributed by atoms with Gasteiger partial charge in [-0.05, 0) is 78.9 Å². The van der Waals surface area contributed by atoms with E-state index in [1.807, 2.05) is 31.3 Å². The van der Waals surface area contributed by atoms with E-state index in [1.165, 1.54) is 29.0 Å². The van der Waals surface area contributed by atoms with Crippen molar-refractivity contribution in [1.82, 2.24) is 20.3 Å². The number of aromatic nitrogens is 3. The molecule has 0 fully saturated rings. The van der Waals surface area contributed by atoms with Gasteiger partial charge in [0.25, 0.3) is 5.91 Å². The minimum atomic E-state index is -0.832. The molecule has 2 aliphatic rings. The first-order chi connectivity index (χ1) is 21.2. The highest BCUT2D eigenvalue weighted by atomic mass is 32.1. The summed E-state index contributed by atoms with van der Waals surface area (Å²) in [5.41, 5.74) is 5.12. The molecular formula is C35H32FN5O2S. The molecule has 0 spiro atoms. The molecule has 1 aliphatic carbocycles. The van der Waals surface area contributed by atoms with Gasteiger partial charge < -0.3 is 10.6 Å². The van der Waals surface area contributed by atoms with Crippen LogP contribution in [0.2, 0.25) is 0 Å². The molecule has 0 radical (unpaired) electrons. The minimum Gasteiger partial charge on any atom is -0.362 e. The molecule has 2 unspecified atom stereocenters. The number of pyridine rings is 3. The van der Waals surface area contributed by atoms with Crippen LogP contribution < -0.4 is 10.6 Å². The fourth-order valence-corrected chi connectivity index (χ4v) is 7.80. The topological polar surface area (TPSA) is 96.9 Å². The first kappa shape index (κ1) is 28.3. The molecule has 44 heavy (non-hydrogen) atoms. The Morgan fingerprint density at radius 2 is 1.95 bits per heavy atom. The molecule has 5 aromatic rings. The lowest BCUT2D eigenvalue weighted by molar-refractivity contribution is 0.0935. The van der Waals surface area contributed by atoms with Crippen molar-refractivity contribution < 1.29 is 14.0 Å². The Morgan fingerprint density at radius 1 is 1.14 bits per heavy atom. The predicted octanol–water partition coefficient (Wildman–Crippen LogP) is 7.20. The Labute approximate surface area is 259 Å². The minimum absolute atomic E-state index is 0.105. The molecule has 2 atom stereocenters. The highest BCUT2D eigenvalue weighted by Gasteiger charge is 2.44. The Morgan fingerprint density at radius 3 is 2.73 bits per heavy atom. The largest absolute Gasteiger partial charge is 0.362 e. The van der Waals surface area contributed by atoms with E-state index in [4.69, 9.17) is 9.97 Å². The van der Waals surface area contributed by atoms with E-state index in [1.54, 1.807) is 18.3 Å². The van der Waals surface area contributed by atoms with Crippen LogP contribution in [0.15, 0.2) is 60.9 Å². The molecule has 1 aliphatic heterocycles. The Hall–Kier alpha value is -4.50. The number of carbonyl (C=O) groups excluding carboxylic acids is 2. The quantitative estimate of drug-likeness (QED) is 0.182. The van der Waals surface area contributed by atoms with Crippen LogP contribution in [0.1, 0.15) is 82.2 Å². The van der Waals surface area contributed by atoms with Gasteiger partial charge in [-0.25, -0.2) is 9.37 Å². The number of hydrogen-bond donors (Lipinski definition) is 2. The number of carbonyl (C=O) groups is 2. The lowest BCUT2D eigenvalue weighted by atomic mass is 9.86. The van der Waals surface area contributed by atoms with Crippen LogP contribution in [0.25, 0.3) is 20.5 Å². The van der Waals surface area contributed by atoms with Crippen molar-refractivity contribution in [3.05, 3.63) is 106 Å². The van der Waals surface area contributed by atoms with Gasteiger partial charge in [0, 0.05) is 40.5 Å². The van der Waals surface area contributed by atoms with Crippen LogP contribution >= 0.6 is 11.3 Å². The third kappa shape index (κ3) is 4.85. The molecule has 1 amide bonds. The molecule has 7 rings (SSSR count). The summed E-state index contributed by atoms with van der Waals surface area (Å²) in [7, 11) is 0. The van der Waals surface area contributed by atoms with E-state index in [0.29, 0.717) is 40.9 Å². The lowest BCUT2D eigenvalue weighted by Crippen LogP contribution is -2.39. The number of aryl methyl sites for hydroxylation is 1. The monoisotopic (exact) mass is 605 g/mol. The molecular weight excluding hydrogens is 573 g/mol. The van der Waals surface area contributed by atoms with E-state index in [9.17, 15) is 14.0 Å². The van der Waals surface area contributed by atoms with Gasteiger partial charge in [0.05, 0.1) is 33.2 Å². The number of hydrogen-bond acceptors (Lipinski definition) is 7. The van der Waals surface area contributed by atoms with E-state index in [2.05, 4.69) is 35.5 Å². The van der Waals surface area contributed by atoms with Crippen LogP contribution in [-0.4, -0.2) is 27.1 Å². The van der Waals surface area contributed by atoms with Crippen LogP contribution in [0.3, 0.4) is 0 Å². The third-order valence-corrected chi connectivity index (χ3v) is 9.78. The second-order valence-corrected chi connectivity index (χ2v) is 13.4. The Bertz CT molecular complexity index is 1940. The van der Waals surface area contributed by atoms with E-state index >= 15 is 0 Å².